The van der Waals surface area contributed by atoms with E-state index in [-0.39, 0.29) is 5.56 Å². The molecule has 2 nitrogen and oxygen atoms in total. The number of halogens is 2. The summed E-state index contributed by atoms with van der Waals surface area (Å²) in [5.74, 6) is -0.518. The highest BCUT2D eigenvalue weighted by Crippen LogP contribution is 2.38. The number of piperidine rings is 1. The van der Waals surface area contributed by atoms with Gasteiger partial charge in [0.1, 0.15) is 11.6 Å². The average Bonchev–Trinajstić information content (AvgIpc) is 2.90. The van der Waals surface area contributed by atoms with Crippen LogP contribution < -0.4 is 0 Å². The van der Waals surface area contributed by atoms with E-state index in [2.05, 4.69) is 4.90 Å². The van der Waals surface area contributed by atoms with Crippen LogP contribution >= 0.6 is 0 Å². The van der Waals surface area contributed by atoms with E-state index >= 15 is 0 Å². The zero-order valence-electron chi connectivity index (χ0n) is 10.1. The monoisotopic (exact) mass is 253 g/mol. The average molecular weight is 253 g/mol. The van der Waals surface area contributed by atoms with Crippen LogP contribution in [0.25, 0.3) is 0 Å². The molecule has 1 aromatic rings. The van der Waals surface area contributed by atoms with Crippen molar-refractivity contribution < 1.29 is 13.9 Å². The first-order chi connectivity index (χ1) is 8.63. The molecule has 18 heavy (non-hydrogen) atoms. The normalized spacial score (nSPS) is 28.8. The number of aliphatic hydroxyl groups excluding tert-OH is 1. The summed E-state index contributed by atoms with van der Waals surface area (Å²) < 4.78 is 26.4. The molecule has 2 bridgehead atoms. The Hall–Kier alpha value is -1.00. The second kappa shape index (κ2) is 4.59. The molecule has 98 valence electrons. The molecule has 3 atom stereocenters. The molecule has 0 radical (unpaired) electrons. The molecular formula is C14H17F2NO. The van der Waals surface area contributed by atoms with Gasteiger partial charge in [0.05, 0.1) is 6.10 Å². The lowest BCUT2D eigenvalue weighted by atomic mass is 10.1. The fourth-order valence-corrected chi connectivity index (χ4v) is 3.34. The Morgan fingerprint density at radius 1 is 1.33 bits per heavy atom. The first-order valence-corrected chi connectivity index (χ1v) is 6.50. The van der Waals surface area contributed by atoms with Crippen molar-refractivity contribution in [2.45, 2.75) is 31.4 Å². The Morgan fingerprint density at radius 3 is 2.78 bits per heavy atom. The predicted molar refractivity (Wildman–Crippen MR) is 64.0 cm³/mol. The number of aliphatic hydroxyl groups is 1. The summed E-state index contributed by atoms with van der Waals surface area (Å²) in [5.41, 5.74) is 0.194. The molecule has 3 unspecified atom stereocenters. The van der Waals surface area contributed by atoms with Gasteiger partial charge < -0.3 is 5.11 Å². The maximum absolute atomic E-state index is 13.5. The number of nitrogens with zero attached hydrogens (tertiary/aromatic N) is 1. The van der Waals surface area contributed by atoms with Gasteiger partial charge in [-0.15, -0.1) is 0 Å². The van der Waals surface area contributed by atoms with Gasteiger partial charge in [-0.25, -0.2) is 8.78 Å². The summed E-state index contributed by atoms with van der Waals surface area (Å²) in [7, 11) is 0. The largest absolute Gasteiger partial charge is 0.387 e. The van der Waals surface area contributed by atoms with Crippen LogP contribution in [0, 0.1) is 17.6 Å². The molecule has 2 aliphatic rings. The van der Waals surface area contributed by atoms with Gasteiger partial charge in [0.25, 0.3) is 0 Å². The van der Waals surface area contributed by atoms with Gasteiger partial charge >= 0.3 is 0 Å². The summed E-state index contributed by atoms with van der Waals surface area (Å²) in [4.78, 5) is 2.24. The fraction of sp³-hybridized carbons (Fsp3) is 0.571. The van der Waals surface area contributed by atoms with Crippen molar-refractivity contribution in [2.75, 3.05) is 13.1 Å². The molecule has 4 heteroatoms. The summed E-state index contributed by atoms with van der Waals surface area (Å²) in [5, 5.41) is 10.1. The number of hydrogen-bond donors (Lipinski definition) is 1. The van der Waals surface area contributed by atoms with Gasteiger partial charge in [-0.3, -0.25) is 4.90 Å². The highest BCUT2D eigenvalue weighted by molar-refractivity contribution is 5.21. The number of hydrogen-bond acceptors (Lipinski definition) is 2. The van der Waals surface area contributed by atoms with Crippen LogP contribution in [0.15, 0.2) is 18.2 Å². The molecule has 0 aromatic heterocycles. The summed E-state index contributed by atoms with van der Waals surface area (Å²) in [6, 6.07) is 3.91. The number of rotatable bonds is 3. The number of fused-ring (bicyclic) bond motifs is 2. The van der Waals surface area contributed by atoms with Crippen molar-refractivity contribution in [2.24, 2.45) is 5.92 Å². The summed E-state index contributed by atoms with van der Waals surface area (Å²) in [6.07, 6.45) is 2.80. The maximum atomic E-state index is 13.5. The third kappa shape index (κ3) is 2.15. The van der Waals surface area contributed by atoms with Crippen molar-refractivity contribution in [1.82, 2.24) is 4.90 Å². The Bertz CT molecular complexity index is 451. The Morgan fingerprint density at radius 2 is 2.17 bits per heavy atom. The minimum absolute atomic E-state index is 0.194. The van der Waals surface area contributed by atoms with Gasteiger partial charge in [-0.2, -0.15) is 0 Å². The van der Waals surface area contributed by atoms with E-state index in [1.165, 1.54) is 31.4 Å². The van der Waals surface area contributed by atoms with Crippen molar-refractivity contribution in [1.29, 1.82) is 0 Å². The fourth-order valence-electron chi connectivity index (χ4n) is 3.34. The van der Waals surface area contributed by atoms with Gasteiger partial charge in [0.15, 0.2) is 0 Å². The van der Waals surface area contributed by atoms with Crippen molar-refractivity contribution in [3.8, 4) is 0 Å². The van der Waals surface area contributed by atoms with Crippen LogP contribution in [0.3, 0.4) is 0 Å². The second-order valence-corrected chi connectivity index (χ2v) is 5.47. The standard InChI is InChI=1S/C14H17F2NO/c15-10-2-4-12(13(16)6-10)14(18)8-17-7-9-1-3-11(17)5-9/h2,4,6,9,11,14,18H,1,3,5,7-8H2. The van der Waals surface area contributed by atoms with Crippen LogP contribution in [-0.2, 0) is 0 Å². The molecule has 1 aromatic carbocycles. The first-order valence-electron chi connectivity index (χ1n) is 6.50. The third-order valence-electron chi connectivity index (χ3n) is 4.25. The van der Waals surface area contributed by atoms with E-state index in [1.54, 1.807) is 0 Å². The molecule has 1 aliphatic heterocycles. The first kappa shape index (κ1) is 12.1. The highest BCUT2D eigenvalue weighted by Gasteiger charge is 2.38. The van der Waals surface area contributed by atoms with Crippen molar-refractivity contribution in [3.05, 3.63) is 35.4 Å². The van der Waals surface area contributed by atoms with Crippen LogP contribution in [0.1, 0.15) is 30.9 Å². The Labute approximate surface area is 105 Å². The molecule has 1 heterocycles. The second-order valence-electron chi connectivity index (χ2n) is 5.47. The topological polar surface area (TPSA) is 23.5 Å². The van der Waals surface area contributed by atoms with E-state index in [1.807, 2.05) is 0 Å². The molecule has 3 rings (SSSR count). The predicted octanol–water partition coefficient (Wildman–Crippen LogP) is 2.48. The molecule has 2 fully saturated rings. The molecular weight excluding hydrogens is 236 g/mol. The molecule has 1 saturated heterocycles. The molecule has 1 N–H and O–H groups in total. The van der Waals surface area contributed by atoms with E-state index in [4.69, 9.17) is 0 Å². The quantitative estimate of drug-likeness (QED) is 0.894. The van der Waals surface area contributed by atoms with Gasteiger partial charge in [0.2, 0.25) is 0 Å². The zero-order valence-corrected chi connectivity index (χ0v) is 10.1. The highest BCUT2D eigenvalue weighted by atomic mass is 19.1. The molecule has 1 saturated carbocycles. The Kier molecular flexibility index (Phi) is 3.08. The van der Waals surface area contributed by atoms with E-state index in [0.717, 1.165) is 18.5 Å². The summed E-state index contributed by atoms with van der Waals surface area (Å²) in [6.45, 7) is 1.45. The van der Waals surface area contributed by atoms with Crippen LogP contribution in [0.4, 0.5) is 8.78 Å². The lowest BCUT2D eigenvalue weighted by Crippen LogP contribution is -2.35. The summed E-state index contributed by atoms with van der Waals surface area (Å²) >= 11 is 0. The van der Waals surface area contributed by atoms with Gasteiger partial charge in [-0.05, 0) is 31.2 Å². The minimum atomic E-state index is -0.870. The smallest absolute Gasteiger partial charge is 0.131 e. The number of β-amino-alcohol motifs (C(OH)–C–C–N with tert-alkyl or cyclic N) is 1. The van der Waals surface area contributed by atoms with Crippen LogP contribution in [0.5, 0.6) is 0 Å². The van der Waals surface area contributed by atoms with Crippen LogP contribution in [-0.4, -0.2) is 29.1 Å². The lowest BCUT2D eigenvalue weighted by Gasteiger charge is -2.29. The van der Waals surface area contributed by atoms with Crippen LogP contribution in [0.2, 0.25) is 0 Å². The third-order valence-corrected chi connectivity index (χ3v) is 4.25. The van der Waals surface area contributed by atoms with Crippen molar-refractivity contribution in [3.63, 3.8) is 0 Å². The molecule has 0 amide bonds. The van der Waals surface area contributed by atoms with Gasteiger partial charge in [0, 0.05) is 30.8 Å². The van der Waals surface area contributed by atoms with Crippen molar-refractivity contribution >= 4 is 0 Å². The number of benzene rings is 1. The SMILES string of the molecule is OC(CN1CC2CCC1C2)c1ccc(F)cc1F. The molecule has 0 spiro atoms. The van der Waals surface area contributed by atoms with E-state index in [0.29, 0.717) is 12.6 Å². The Balaban J connectivity index is 1.69. The maximum Gasteiger partial charge on any atom is 0.131 e. The minimum Gasteiger partial charge on any atom is -0.387 e. The van der Waals surface area contributed by atoms with E-state index < -0.39 is 17.7 Å². The van der Waals surface area contributed by atoms with E-state index in [9.17, 15) is 13.9 Å². The lowest BCUT2D eigenvalue weighted by molar-refractivity contribution is 0.0921. The number of likely N-dealkylation sites (tertiary alicyclic amines) is 1. The zero-order chi connectivity index (χ0) is 12.7. The van der Waals surface area contributed by atoms with Gasteiger partial charge in [-0.1, -0.05) is 6.07 Å². The molecule has 1 aliphatic carbocycles.